The Hall–Kier alpha value is -2.20. The van der Waals surface area contributed by atoms with Crippen molar-refractivity contribution in [2.75, 3.05) is 4.72 Å². The predicted octanol–water partition coefficient (Wildman–Crippen LogP) is 2.79. The summed E-state index contributed by atoms with van der Waals surface area (Å²) in [6.45, 7) is -1.33. The van der Waals surface area contributed by atoms with E-state index in [9.17, 15) is 22.0 Å². The molecule has 0 aliphatic carbocycles. The number of carbonyl (C=O) groups is 1. The zero-order valence-electron chi connectivity index (χ0n) is 12.5. The molecule has 1 aromatic carbocycles. The van der Waals surface area contributed by atoms with Gasteiger partial charge in [-0.1, -0.05) is 0 Å². The van der Waals surface area contributed by atoms with E-state index in [0.29, 0.717) is 4.88 Å². The molecule has 2 N–H and O–H groups in total. The number of hydrogen-bond acceptors (Lipinski definition) is 5. The number of rotatable bonds is 7. The minimum atomic E-state index is -3.80. The number of halogens is 2. The van der Waals surface area contributed by atoms with Gasteiger partial charge in [-0.25, -0.2) is 8.42 Å². The highest BCUT2D eigenvalue weighted by Crippen LogP contribution is 2.25. The van der Waals surface area contributed by atoms with Crippen LogP contribution in [-0.4, -0.2) is 20.9 Å². The highest BCUT2D eigenvalue weighted by atomic mass is 32.2. The number of nitrogens with one attached hydrogen (secondary N) is 2. The Morgan fingerprint density at radius 1 is 1.21 bits per heavy atom. The lowest BCUT2D eigenvalue weighted by Gasteiger charge is -2.08. The van der Waals surface area contributed by atoms with Gasteiger partial charge in [0.2, 0.25) is 5.91 Å². The van der Waals surface area contributed by atoms with Crippen LogP contribution in [0, 0.1) is 0 Å². The van der Waals surface area contributed by atoms with Gasteiger partial charge in [-0.3, -0.25) is 9.52 Å². The summed E-state index contributed by atoms with van der Waals surface area (Å²) in [5.41, 5.74) is 0.216. The normalized spacial score (nSPS) is 11.3. The summed E-state index contributed by atoms with van der Waals surface area (Å²) < 4.78 is 55.3. The Bertz CT molecular complexity index is 804. The lowest BCUT2D eigenvalue weighted by atomic mass is 10.3. The van der Waals surface area contributed by atoms with Crippen LogP contribution in [0.3, 0.4) is 0 Å². The molecule has 0 unspecified atom stereocenters. The first-order chi connectivity index (χ1) is 11.3. The predicted molar refractivity (Wildman–Crippen MR) is 85.7 cm³/mol. The van der Waals surface area contributed by atoms with E-state index in [4.69, 9.17) is 0 Å². The van der Waals surface area contributed by atoms with Gasteiger partial charge in [0.1, 0.15) is 9.96 Å². The van der Waals surface area contributed by atoms with Gasteiger partial charge in [-0.2, -0.15) is 8.78 Å². The monoisotopic (exact) mass is 376 g/mol. The molecule has 1 aromatic heterocycles. The molecule has 1 heterocycles. The van der Waals surface area contributed by atoms with Gasteiger partial charge in [0.15, 0.2) is 0 Å². The Labute approximate surface area is 141 Å². The van der Waals surface area contributed by atoms with Crippen LogP contribution in [-0.2, 0) is 21.4 Å². The van der Waals surface area contributed by atoms with Crippen molar-refractivity contribution in [3.8, 4) is 5.75 Å². The highest BCUT2D eigenvalue weighted by Gasteiger charge is 2.17. The first-order valence-corrected chi connectivity index (χ1v) is 8.97. The van der Waals surface area contributed by atoms with E-state index in [1.165, 1.54) is 37.3 Å². The maximum Gasteiger partial charge on any atom is 0.387 e. The summed E-state index contributed by atoms with van der Waals surface area (Å²) in [6, 6.07) is 8.15. The molecule has 0 saturated carbocycles. The fraction of sp³-hybridized carbons (Fsp3) is 0.214. The maximum absolute atomic E-state index is 12.3. The van der Waals surface area contributed by atoms with Crippen LogP contribution < -0.4 is 14.8 Å². The maximum atomic E-state index is 12.3. The number of ether oxygens (including phenoxy) is 1. The minimum absolute atomic E-state index is 0.0679. The molecule has 0 bridgehead atoms. The van der Waals surface area contributed by atoms with Gasteiger partial charge in [-0.15, -0.1) is 11.3 Å². The van der Waals surface area contributed by atoms with E-state index in [0.717, 1.165) is 11.3 Å². The number of carbonyl (C=O) groups excluding carboxylic acids is 1. The topological polar surface area (TPSA) is 84.5 Å². The highest BCUT2D eigenvalue weighted by molar-refractivity contribution is 7.94. The van der Waals surface area contributed by atoms with Crippen LogP contribution in [0.15, 0.2) is 40.6 Å². The van der Waals surface area contributed by atoms with E-state index in [-0.39, 0.29) is 28.1 Å². The second-order valence-corrected chi connectivity index (χ2v) is 7.72. The zero-order valence-corrected chi connectivity index (χ0v) is 14.1. The van der Waals surface area contributed by atoms with Gasteiger partial charge in [0, 0.05) is 17.5 Å². The van der Waals surface area contributed by atoms with Crippen molar-refractivity contribution in [3.63, 3.8) is 0 Å². The van der Waals surface area contributed by atoms with Gasteiger partial charge < -0.3 is 10.1 Å². The summed E-state index contributed by atoms with van der Waals surface area (Å²) in [6.07, 6.45) is 0. The average molecular weight is 376 g/mol. The lowest BCUT2D eigenvalue weighted by molar-refractivity contribution is -0.119. The Balaban J connectivity index is 2.06. The molecule has 0 atom stereocenters. The van der Waals surface area contributed by atoms with Crippen molar-refractivity contribution in [1.82, 2.24) is 5.32 Å². The number of thiophene rings is 1. The SMILES string of the molecule is CC(=O)NCc1ccc(S(=O)(=O)Nc2ccc(OC(F)F)cc2)s1. The van der Waals surface area contributed by atoms with E-state index >= 15 is 0 Å². The van der Waals surface area contributed by atoms with E-state index in [1.54, 1.807) is 6.07 Å². The molecule has 0 fully saturated rings. The molecule has 0 aliphatic rings. The van der Waals surface area contributed by atoms with Crippen molar-refractivity contribution in [1.29, 1.82) is 0 Å². The fourth-order valence-electron chi connectivity index (χ4n) is 1.72. The van der Waals surface area contributed by atoms with Gasteiger partial charge in [-0.05, 0) is 36.4 Å². The molecule has 24 heavy (non-hydrogen) atoms. The summed E-state index contributed by atoms with van der Waals surface area (Å²) in [7, 11) is -3.80. The number of hydrogen-bond donors (Lipinski definition) is 2. The first kappa shape index (κ1) is 18.1. The molecular formula is C14H14F2N2O4S2. The fourth-order valence-corrected chi connectivity index (χ4v) is 4.07. The standard InChI is InChI=1S/C14H14F2N2O4S2/c1-9(19)17-8-12-6-7-13(23-12)24(20,21)18-10-2-4-11(5-3-10)22-14(15)16/h2-7,14,18H,8H2,1H3,(H,17,19). The van der Waals surface area contributed by atoms with Crippen molar-refractivity contribution < 1.29 is 26.7 Å². The van der Waals surface area contributed by atoms with Gasteiger partial charge in [0.25, 0.3) is 10.0 Å². The van der Waals surface area contributed by atoms with Gasteiger partial charge >= 0.3 is 6.61 Å². The van der Waals surface area contributed by atoms with Crippen LogP contribution in [0.25, 0.3) is 0 Å². The van der Waals surface area contributed by atoms with Crippen molar-refractivity contribution in [2.24, 2.45) is 0 Å². The third kappa shape index (κ3) is 5.17. The quantitative estimate of drug-likeness (QED) is 0.778. The molecule has 6 nitrogen and oxygen atoms in total. The number of sulfonamides is 1. The molecule has 130 valence electrons. The van der Waals surface area contributed by atoms with Crippen LogP contribution in [0.5, 0.6) is 5.75 Å². The number of amides is 1. The van der Waals surface area contributed by atoms with Crippen LogP contribution in [0.1, 0.15) is 11.8 Å². The molecule has 10 heteroatoms. The van der Waals surface area contributed by atoms with Crippen LogP contribution >= 0.6 is 11.3 Å². The van der Waals surface area contributed by atoms with Gasteiger partial charge in [0.05, 0.1) is 6.54 Å². The van der Waals surface area contributed by atoms with Crippen molar-refractivity contribution in [2.45, 2.75) is 24.3 Å². The smallest absolute Gasteiger partial charge is 0.387 e. The molecule has 0 saturated heterocycles. The van der Waals surface area contributed by atoms with E-state index in [2.05, 4.69) is 14.8 Å². The molecule has 2 aromatic rings. The zero-order chi connectivity index (χ0) is 17.7. The summed E-state index contributed by atoms with van der Waals surface area (Å²) >= 11 is 1.02. The number of benzene rings is 1. The van der Waals surface area contributed by atoms with Crippen molar-refractivity contribution >= 4 is 33.0 Å². The minimum Gasteiger partial charge on any atom is -0.435 e. The summed E-state index contributed by atoms with van der Waals surface area (Å²) in [5.74, 6) is -0.279. The Morgan fingerprint density at radius 2 is 1.88 bits per heavy atom. The number of alkyl halides is 2. The lowest BCUT2D eigenvalue weighted by Crippen LogP contribution is -2.18. The van der Waals surface area contributed by atoms with E-state index < -0.39 is 16.6 Å². The Kier molecular flexibility index (Phi) is 5.73. The molecule has 0 aliphatic heterocycles. The second-order valence-electron chi connectivity index (χ2n) is 4.64. The summed E-state index contributed by atoms with van der Waals surface area (Å²) in [5, 5.41) is 2.58. The average Bonchev–Trinajstić information content (AvgIpc) is 2.96. The van der Waals surface area contributed by atoms with Crippen LogP contribution in [0.2, 0.25) is 0 Å². The molecule has 1 amide bonds. The third-order valence-corrected chi connectivity index (χ3v) is 5.70. The Morgan fingerprint density at radius 3 is 2.46 bits per heavy atom. The molecule has 0 radical (unpaired) electrons. The summed E-state index contributed by atoms with van der Waals surface area (Å²) in [4.78, 5) is 11.5. The van der Waals surface area contributed by atoms with Crippen molar-refractivity contribution in [3.05, 3.63) is 41.3 Å². The third-order valence-electron chi connectivity index (χ3n) is 2.75. The molecule has 2 rings (SSSR count). The van der Waals surface area contributed by atoms with Crippen LogP contribution in [0.4, 0.5) is 14.5 Å². The first-order valence-electron chi connectivity index (χ1n) is 6.67. The van der Waals surface area contributed by atoms with E-state index in [1.807, 2.05) is 0 Å². The number of anilines is 1. The molecule has 0 spiro atoms. The molecular weight excluding hydrogens is 362 g/mol. The largest absolute Gasteiger partial charge is 0.435 e. The second kappa shape index (κ2) is 7.58.